The van der Waals surface area contributed by atoms with Crippen molar-refractivity contribution in [1.29, 1.82) is 0 Å². The van der Waals surface area contributed by atoms with E-state index in [1.54, 1.807) is 10.3 Å². The number of aromatic amines is 1. The number of imidazole rings is 1. The molecule has 0 atom stereocenters. The average Bonchev–Trinajstić information content (AvgIpc) is 2.83. The van der Waals surface area contributed by atoms with E-state index in [1.165, 1.54) is 0 Å². The van der Waals surface area contributed by atoms with E-state index < -0.39 is 0 Å². The Morgan fingerprint density at radius 1 is 1.21 bits per heavy atom. The number of benzene rings is 1. The van der Waals surface area contributed by atoms with Crippen LogP contribution in [0, 0.1) is 0 Å². The number of pyridine rings is 1. The van der Waals surface area contributed by atoms with E-state index in [-0.39, 0.29) is 0 Å². The predicted molar refractivity (Wildman–Crippen MR) is 85.9 cm³/mol. The minimum absolute atomic E-state index is 0.505. The van der Waals surface area contributed by atoms with E-state index >= 15 is 0 Å². The first-order valence-electron chi connectivity index (χ1n) is 5.62. The molecule has 0 saturated heterocycles. The van der Waals surface area contributed by atoms with Crippen molar-refractivity contribution < 1.29 is 0 Å². The van der Waals surface area contributed by atoms with Gasteiger partial charge in [-0.2, -0.15) is 0 Å². The summed E-state index contributed by atoms with van der Waals surface area (Å²) in [6.45, 7) is 0. The van der Waals surface area contributed by atoms with Gasteiger partial charge >= 0.3 is 0 Å². The summed E-state index contributed by atoms with van der Waals surface area (Å²) >= 11 is 2.03. The zero-order valence-electron chi connectivity index (χ0n) is 9.84. The number of nitrogen functional groups attached to an aromatic ring is 1. The molecule has 3 rings (SSSR count). The number of aliphatic imine (C=N–C) groups is 1. The molecule has 0 spiro atoms. The van der Waals surface area contributed by atoms with Crippen LogP contribution in [-0.4, -0.2) is 19.2 Å². The Balaban J connectivity index is 2.16. The largest absolute Gasteiger partial charge is 0.396 e. The van der Waals surface area contributed by atoms with Crippen molar-refractivity contribution >= 4 is 49.5 Å². The van der Waals surface area contributed by atoms with Gasteiger partial charge in [0.05, 0.1) is 9.91 Å². The van der Waals surface area contributed by atoms with E-state index in [1.807, 2.05) is 52.9 Å². The maximum absolute atomic E-state index is 5.89. The van der Waals surface area contributed by atoms with E-state index in [0.29, 0.717) is 17.2 Å². The Bertz CT molecular complexity index is 748. The maximum atomic E-state index is 5.89. The maximum Gasteiger partial charge on any atom is 0.178 e. The van der Waals surface area contributed by atoms with E-state index in [4.69, 9.17) is 5.73 Å². The second kappa shape index (κ2) is 4.96. The summed E-state index contributed by atoms with van der Waals surface area (Å²) in [4.78, 5) is 16.2. The molecule has 6 heteroatoms. The molecule has 0 unspecified atom stereocenters. The van der Waals surface area contributed by atoms with Crippen LogP contribution in [0.15, 0.2) is 41.4 Å². The van der Waals surface area contributed by atoms with Gasteiger partial charge in [0.1, 0.15) is 11.3 Å². The van der Waals surface area contributed by atoms with Crippen molar-refractivity contribution in [1.82, 2.24) is 15.0 Å². The highest BCUT2D eigenvalue weighted by Crippen LogP contribution is 2.26. The number of aromatic nitrogens is 3. The SMILES string of the molecule is Nc1cc2nc(-c3ccccc3)[nH]c2nc1/N=C/I. The summed E-state index contributed by atoms with van der Waals surface area (Å²) in [5.74, 6) is 1.28. The number of H-pyrrole nitrogens is 1. The summed E-state index contributed by atoms with van der Waals surface area (Å²) in [6, 6.07) is 11.7. The van der Waals surface area contributed by atoms with Crippen molar-refractivity contribution in [2.24, 2.45) is 4.99 Å². The Labute approximate surface area is 123 Å². The molecule has 1 aromatic carbocycles. The first-order valence-corrected chi connectivity index (χ1v) is 6.87. The molecular formula is C13H10IN5. The summed E-state index contributed by atoms with van der Waals surface area (Å²) in [5, 5.41) is 0. The Morgan fingerprint density at radius 3 is 2.74 bits per heavy atom. The van der Waals surface area contributed by atoms with Gasteiger partial charge in [0.15, 0.2) is 11.5 Å². The molecule has 0 saturated carbocycles. The standard InChI is InChI=1S/C13H10IN5/c14-7-16-12-9(15)6-10-13(19-12)18-11(17-10)8-4-2-1-3-5-8/h1-7H,15H2,(H,17,18,19)/b16-7+. The fourth-order valence-corrected chi connectivity index (χ4v) is 2.09. The van der Waals surface area contributed by atoms with Crippen LogP contribution in [0.1, 0.15) is 0 Å². The highest BCUT2D eigenvalue weighted by Gasteiger charge is 2.09. The molecule has 0 bridgehead atoms. The van der Waals surface area contributed by atoms with Crippen LogP contribution in [0.3, 0.4) is 0 Å². The van der Waals surface area contributed by atoms with Crippen LogP contribution in [0.25, 0.3) is 22.6 Å². The molecule has 0 radical (unpaired) electrons. The molecule has 0 aliphatic rings. The van der Waals surface area contributed by atoms with Crippen LogP contribution in [0.5, 0.6) is 0 Å². The lowest BCUT2D eigenvalue weighted by molar-refractivity contribution is 1.28. The van der Waals surface area contributed by atoms with E-state index in [0.717, 1.165) is 16.9 Å². The Morgan fingerprint density at radius 2 is 2.00 bits per heavy atom. The zero-order chi connectivity index (χ0) is 13.2. The minimum atomic E-state index is 0.505. The van der Waals surface area contributed by atoms with Crippen LogP contribution in [-0.2, 0) is 0 Å². The van der Waals surface area contributed by atoms with Gasteiger partial charge in [-0.1, -0.05) is 30.3 Å². The fourth-order valence-electron chi connectivity index (χ4n) is 1.83. The first-order chi connectivity index (χ1) is 9.28. The number of nitrogens with one attached hydrogen (secondary N) is 1. The molecule has 5 nitrogen and oxygen atoms in total. The Kier molecular flexibility index (Phi) is 3.16. The summed E-state index contributed by atoms with van der Waals surface area (Å²) in [6.07, 6.45) is 0. The summed E-state index contributed by atoms with van der Waals surface area (Å²) in [7, 11) is 0. The molecular weight excluding hydrogens is 353 g/mol. The first kappa shape index (κ1) is 12.1. The van der Waals surface area contributed by atoms with Crippen molar-refractivity contribution in [2.75, 3.05) is 5.73 Å². The van der Waals surface area contributed by atoms with E-state index in [2.05, 4.69) is 19.9 Å². The van der Waals surface area contributed by atoms with Gasteiger partial charge in [-0.15, -0.1) is 0 Å². The van der Waals surface area contributed by atoms with Crippen molar-refractivity contribution in [3.8, 4) is 11.4 Å². The lowest BCUT2D eigenvalue weighted by Gasteiger charge is -1.97. The average molecular weight is 363 g/mol. The molecule has 2 aromatic heterocycles. The number of nitrogens with zero attached hydrogens (tertiary/aromatic N) is 3. The monoisotopic (exact) mass is 363 g/mol. The Hall–Kier alpha value is -1.96. The van der Waals surface area contributed by atoms with Gasteiger partial charge in [-0.25, -0.2) is 15.0 Å². The van der Waals surface area contributed by atoms with Gasteiger partial charge in [0, 0.05) is 5.56 Å². The lowest BCUT2D eigenvalue weighted by atomic mass is 10.2. The molecule has 3 N–H and O–H groups in total. The second-order valence-electron chi connectivity index (χ2n) is 3.95. The topological polar surface area (TPSA) is 80.0 Å². The quantitative estimate of drug-likeness (QED) is 0.542. The second-order valence-corrected chi connectivity index (χ2v) is 4.50. The highest BCUT2D eigenvalue weighted by molar-refractivity contribution is 14.1. The molecule has 0 amide bonds. The van der Waals surface area contributed by atoms with Gasteiger partial charge in [0.25, 0.3) is 0 Å². The minimum Gasteiger partial charge on any atom is -0.396 e. The van der Waals surface area contributed by atoms with Crippen LogP contribution >= 0.6 is 22.6 Å². The number of hydrogen-bond acceptors (Lipinski definition) is 4. The zero-order valence-corrected chi connectivity index (χ0v) is 12.0. The molecule has 0 aliphatic carbocycles. The molecule has 19 heavy (non-hydrogen) atoms. The summed E-state index contributed by atoms with van der Waals surface area (Å²) < 4.78 is 1.64. The van der Waals surface area contributed by atoms with Gasteiger partial charge in [-0.05, 0) is 28.7 Å². The number of nitrogens with two attached hydrogens (primary N) is 1. The van der Waals surface area contributed by atoms with Crippen LogP contribution < -0.4 is 5.73 Å². The van der Waals surface area contributed by atoms with E-state index in [9.17, 15) is 0 Å². The van der Waals surface area contributed by atoms with Gasteiger partial charge in [-0.3, -0.25) is 0 Å². The molecule has 2 heterocycles. The van der Waals surface area contributed by atoms with Crippen molar-refractivity contribution in [3.63, 3.8) is 0 Å². The predicted octanol–water partition coefficient (Wildman–Crippen LogP) is 3.30. The van der Waals surface area contributed by atoms with Gasteiger partial charge in [0.2, 0.25) is 0 Å². The highest BCUT2D eigenvalue weighted by atomic mass is 127. The number of rotatable bonds is 2. The third-order valence-electron chi connectivity index (χ3n) is 2.70. The van der Waals surface area contributed by atoms with Crippen molar-refractivity contribution in [3.05, 3.63) is 36.4 Å². The third-order valence-corrected chi connectivity index (χ3v) is 2.98. The normalized spacial score (nSPS) is 11.4. The van der Waals surface area contributed by atoms with Crippen LogP contribution in [0.2, 0.25) is 0 Å². The smallest absolute Gasteiger partial charge is 0.178 e. The number of fused-ring (bicyclic) bond motifs is 1. The summed E-state index contributed by atoms with van der Waals surface area (Å²) in [5.41, 5.74) is 8.84. The number of anilines is 1. The van der Waals surface area contributed by atoms with Gasteiger partial charge < -0.3 is 10.7 Å². The molecule has 0 fully saturated rings. The van der Waals surface area contributed by atoms with Crippen LogP contribution in [0.4, 0.5) is 11.5 Å². The molecule has 0 aliphatic heterocycles. The number of halogens is 1. The third kappa shape index (κ3) is 2.30. The lowest BCUT2D eigenvalue weighted by Crippen LogP contribution is -1.89. The molecule has 3 aromatic rings. The molecule has 94 valence electrons. The fraction of sp³-hybridized carbons (Fsp3) is 0. The number of hydrogen-bond donors (Lipinski definition) is 2. The van der Waals surface area contributed by atoms with Crippen molar-refractivity contribution in [2.45, 2.75) is 0 Å².